The fraction of sp³-hybridized carbons (Fsp3) is 0.222. The zero-order valence-electron chi connectivity index (χ0n) is 7.29. The lowest BCUT2D eigenvalue weighted by molar-refractivity contribution is 0.0912. The van der Waals surface area contributed by atoms with Crippen molar-refractivity contribution in [1.29, 1.82) is 0 Å². The Morgan fingerprint density at radius 2 is 2.21 bits per heavy atom. The summed E-state index contributed by atoms with van der Waals surface area (Å²) in [4.78, 5) is 11.5. The molecule has 1 aromatic carbocycles. The molecule has 0 aromatic heterocycles. The predicted octanol–water partition coefficient (Wildman–Crippen LogP) is 0.878. The minimum Gasteiger partial charge on any atom is -0.472 e. The molecule has 1 amide bonds. The first kappa shape index (κ1) is 9.30. The molecule has 5 heteroatoms. The normalized spacial score (nSPS) is 20.4. The summed E-state index contributed by atoms with van der Waals surface area (Å²) in [5.74, 6) is 0.586. The Labute approximate surface area is 86.2 Å². The van der Waals surface area contributed by atoms with Crippen molar-refractivity contribution >= 4 is 17.5 Å². The monoisotopic (exact) mass is 212 g/mol. The minimum absolute atomic E-state index is 0.215. The number of ether oxygens (including phenoxy) is 1. The fourth-order valence-corrected chi connectivity index (χ4v) is 1.36. The molecule has 1 heterocycles. The Morgan fingerprint density at radius 1 is 1.43 bits per heavy atom. The third kappa shape index (κ3) is 1.66. The molecule has 1 aliphatic heterocycles. The Hall–Kier alpha value is -1.26. The molecule has 74 valence electrons. The van der Waals surface area contributed by atoms with Gasteiger partial charge in [-0.25, -0.2) is 0 Å². The highest BCUT2D eigenvalue weighted by atomic mass is 35.5. The maximum Gasteiger partial charge on any atom is 0.269 e. The standard InChI is InChI=1S/C9H9ClN2O2/c10-5-8-11-12-9(13)6-3-1-2-4-7(6)14-8/h1-4,8,11H,5H2,(H,12,13)/t8-/m0/s1. The number of carbonyl (C=O) groups excluding carboxylic acids is 1. The molecule has 0 aliphatic carbocycles. The van der Waals surface area contributed by atoms with Crippen LogP contribution in [0.5, 0.6) is 5.75 Å². The fourth-order valence-electron chi connectivity index (χ4n) is 1.22. The Morgan fingerprint density at radius 3 is 3.00 bits per heavy atom. The van der Waals surface area contributed by atoms with Crippen LogP contribution in [0.15, 0.2) is 24.3 Å². The molecule has 14 heavy (non-hydrogen) atoms. The summed E-state index contributed by atoms with van der Waals surface area (Å²) in [5, 5.41) is 0. The molecule has 1 aromatic rings. The molecule has 0 saturated carbocycles. The first-order valence-electron chi connectivity index (χ1n) is 4.19. The van der Waals surface area contributed by atoms with E-state index < -0.39 is 6.23 Å². The predicted molar refractivity (Wildman–Crippen MR) is 52.2 cm³/mol. The van der Waals surface area contributed by atoms with Gasteiger partial charge in [0.15, 0.2) is 6.23 Å². The highest BCUT2D eigenvalue weighted by Crippen LogP contribution is 2.20. The molecule has 2 N–H and O–H groups in total. The van der Waals surface area contributed by atoms with E-state index in [0.29, 0.717) is 11.3 Å². The average molecular weight is 213 g/mol. The van der Waals surface area contributed by atoms with Crippen LogP contribution in [-0.2, 0) is 0 Å². The molecule has 0 spiro atoms. The van der Waals surface area contributed by atoms with Crippen LogP contribution in [0.3, 0.4) is 0 Å². The van der Waals surface area contributed by atoms with Crippen molar-refractivity contribution in [3.05, 3.63) is 29.8 Å². The quantitative estimate of drug-likeness (QED) is 0.680. The third-order valence-electron chi connectivity index (χ3n) is 1.89. The number of rotatable bonds is 1. The molecule has 0 saturated heterocycles. The number of alkyl halides is 1. The number of para-hydroxylation sites is 1. The zero-order valence-corrected chi connectivity index (χ0v) is 8.04. The van der Waals surface area contributed by atoms with Crippen LogP contribution < -0.4 is 15.6 Å². The van der Waals surface area contributed by atoms with Crippen molar-refractivity contribution in [3.8, 4) is 5.75 Å². The van der Waals surface area contributed by atoms with Gasteiger partial charge in [-0.2, -0.15) is 5.43 Å². The van der Waals surface area contributed by atoms with E-state index in [-0.39, 0.29) is 11.8 Å². The Balaban J connectivity index is 2.36. The van der Waals surface area contributed by atoms with Crippen LogP contribution in [0.1, 0.15) is 10.4 Å². The summed E-state index contributed by atoms with van der Waals surface area (Å²) in [5.41, 5.74) is 5.68. The van der Waals surface area contributed by atoms with E-state index in [1.807, 2.05) is 6.07 Å². The third-order valence-corrected chi connectivity index (χ3v) is 2.17. The molecule has 4 nitrogen and oxygen atoms in total. The zero-order chi connectivity index (χ0) is 9.97. The van der Waals surface area contributed by atoms with Gasteiger partial charge in [0.05, 0.1) is 11.4 Å². The molecule has 0 radical (unpaired) electrons. The van der Waals surface area contributed by atoms with Crippen LogP contribution in [0.2, 0.25) is 0 Å². The van der Waals surface area contributed by atoms with Crippen LogP contribution in [-0.4, -0.2) is 18.0 Å². The van der Waals surface area contributed by atoms with Crippen molar-refractivity contribution in [2.24, 2.45) is 0 Å². The van der Waals surface area contributed by atoms with Gasteiger partial charge in [0.25, 0.3) is 5.91 Å². The van der Waals surface area contributed by atoms with E-state index >= 15 is 0 Å². The van der Waals surface area contributed by atoms with Gasteiger partial charge >= 0.3 is 0 Å². The van der Waals surface area contributed by atoms with Gasteiger partial charge in [-0.05, 0) is 12.1 Å². The second-order valence-corrected chi connectivity index (χ2v) is 3.16. The highest BCUT2D eigenvalue weighted by molar-refractivity contribution is 6.18. The smallest absolute Gasteiger partial charge is 0.269 e. The number of carbonyl (C=O) groups is 1. The van der Waals surface area contributed by atoms with Crippen molar-refractivity contribution in [2.45, 2.75) is 6.23 Å². The van der Waals surface area contributed by atoms with E-state index in [9.17, 15) is 4.79 Å². The second kappa shape index (κ2) is 3.86. The van der Waals surface area contributed by atoms with Crippen LogP contribution in [0, 0.1) is 0 Å². The van der Waals surface area contributed by atoms with Gasteiger partial charge < -0.3 is 4.74 Å². The first-order valence-corrected chi connectivity index (χ1v) is 4.72. The van der Waals surface area contributed by atoms with E-state index in [2.05, 4.69) is 10.9 Å². The SMILES string of the molecule is O=C1NN[C@H](CCl)Oc2ccccc21. The molecule has 0 fully saturated rings. The number of halogens is 1. The van der Waals surface area contributed by atoms with Crippen LogP contribution in [0.4, 0.5) is 0 Å². The van der Waals surface area contributed by atoms with Crippen molar-refractivity contribution in [2.75, 3.05) is 5.88 Å². The second-order valence-electron chi connectivity index (χ2n) is 2.86. The van der Waals surface area contributed by atoms with E-state index in [1.165, 1.54) is 0 Å². The minimum atomic E-state index is -0.399. The highest BCUT2D eigenvalue weighted by Gasteiger charge is 2.20. The molecule has 0 unspecified atom stereocenters. The van der Waals surface area contributed by atoms with Gasteiger partial charge in [0, 0.05) is 0 Å². The largest absolute Gasteiger partial charge is 0.472 e. The Kier molecular flexibility index (Phi) is 2.56. The van der Waals surface area contributed by atoms with Gasteiger partial charge in [-0.1, -0.05) is 12.1 Å². The number of hydrazine groups is 1. The number of fused-ring (bicyclic) bond motifs is 1. The first-order chi connectivity index (χ1) is 6.81. The topological polar surface area (TPSA) is 50.4 Å². The number of benzene rings is 1. The summed E-state index contributed by atoms with van der Waals surface area (Å²) < 4.78 is 5.45. The Bertz CT molecular complexity index is 356. The molecule has 1 atom stereocenters. The lowest BCUT2D eigenvalue weighted by Crippen LogP contribution is -2.45. The lowest BCUT2D eigenvalue weighted by atomic mass is 10.2. The van der Waals surface area contributed by atoms with E-state index in [1.54, 1.807) is 18.2 Å². The molecular formula is C9H9ClN2O2. The van der Waals surface area contributed by atoms with Gasteiger partial charge in [-0.15, -0.1) is 11.6 Å². The molecule has 2 rings (SSSR count). The van der Waals surface area contributed by atoms with Crippen molar-refractivity contribution in [3.63, 3.8) is 0 Å². The summed E-state index contributed by atoms with van der Waals surface area (Å²) in [6.45, 7) is 0. The summed E-state index contributed by atoms with van der Waals surface area (Å²) in [6.07, 6.45) is -0.399. The lowest BCUT2D eigenvalue weighted by Gasteiger charge is -2.13. The molecular weight excluding hydrogens is 204 g/mol. The van der Waals surface area contributed by atoms with Crippen LogP contribution in [0.25, 0.3) is 0 Å². The summed E-state index contributed by atoms with van der Waals surface area (Å²) >= 11 is 5.63. The van der Waals surface area contributed by atoms with Crippen LogP contribution >= 0.6 is 11.6 Å². The van der Waals surface area contributed by atoms with Crippen molar-refractivity contribution < 1.29 is 9.53 Å². The van der Waals surface area contributed by atoms with E-state index in [0.717, 1.165) is 0 Å². The molecule has 0 bridgehead atoms. The van der Waals surface area contributed by atoms with Gasteiger partial charge in [0.1, 0.15) is 5.75 Å². The van der Waals surface area contributed by atoms with E-state index in [4.69, 9.17) is 16.3 Å². The maximum atomic E-state index is 11.5. The summed E-state index contributed by atoms with van der Waals surface area (Å²) in [6, 6.07) is 7.02. The van der Waals surface area contributed by atoms with Crippen molar-refractivity contribution in [1.82, 2.24) is 10.9 Å². The van der Waals surface area contributed by atoms with Gasteiger partial charge in [-0.3, -0.25) is 10.2 Å². The molecule has 1 aliphatic rings. The van der Waals surface area contributed by atoms with Gasteiger partial charge in [0.2, 0.25) is 0 Å². The maximum absolute atomic E-state index is 11.5. The number of nitrogens with one attached hydrogen (secondary N) is 2. The number of hydrogen-bond donors (Lipinski definition) is 2. The summed E-state index contributed by atoms with van der Waals surface area (Å²) in [7, 11) is 0. The average Bonchev–Trinajstić information content (AvgIpc) is 2.39. The number of amides is 1. The number of hydrogen-bond acceptors (Lipinski definition) is 3.